The number of carbonyl (C=O) groups is 1. The monoisotopic (exact) mass is 265 g/mol. The summed E-state index contributed by atoms with van der Waals surface area (Å²) in [6.07, 6.45) is 5.20. The van der Waals surface area contributed by atoms with Crippen molar-refractivity contribution in [1.29, 1.82) is 0 Å². The number of fused-ring (bicyclic) bond motifs is 1. The van der Waals surface area contributed by atoms with Gasteiger partial charge in [0.1, 0.15) is 0 Å². The summed E-state index contributed by atoms with van der Waals surface area (Å²) in [5.41, 5.74) is 1.43. The molecule has 5 heteroatoms. The fraction of sp³-hybridized carbons (Fsp3) is 0.385. The molecule has 0 aliphatic heterocycles. The van der Waals surface area contributed by atoms with E-state index in [0.717, 1.165) is 18.4 Å². The van der Waals surface area contributed by atoms with E-state index in [1.54, 1.807) is 10.7 Å². The quantitative estimate of drug-likeness (QED) is 0.667. The molecule has 1 amide bonds. The van der Waals surface area contributed by atoms with Crippen molar-refractivity contribution in [2.75, 3.05) is 6.54 Å². The first kappa shape index (κ1) is 12.9. The second kappa shape index (κ2) is 5.87. The highest BCUT2D eigenvalue weighted by Crippen LogP contribution is 2.09. The van der Waals surface area contributed by atoms with Crippen LogP contribution >= 0.6 is 11.6 Å². The van der Waals surface area contributed by atoms with E-state index in [2.05, 4.69) is 10.4 Å². The van der Waals surface area contributed by atoms with Crippen molar-refractivity contribution in [3.05, 3.63) is 36.2 Å². The number of nitrogens with zero attached hydrogens (tertiary/aromatic N) is 2. The van der Waals surface area contributed by atoms with Crippen molar-refractivity contribution in [3.63, 3.8) is 0 Å². The predicted octanol–water partition coefficient (Wildman–Crippen LogP) is 2.47. The van der Waals surface area contributed by atoms with Crippen LogP contribution in [0.5, 0.6) is 0 Å². The molecule has 0 saturated heterocycles. The number of carbonyl (C=O) groups excluding carboxylic acids is 1. The van der Waals surface area contributed by atoms with Crippen molar-refractivity contribution in [1.82, 2.24) is 14.9 Å². The molecule has 0 radical (unpaired) electrons. The van der Waals surface area contributed by atoms with Gasteiger partial charge in [-0.3, -0.25) is 4.79 Å². The Morgan fingerprint density at radius 2 is 2.39 bits per heavy atom. The second-order valence-corrected chi connectivity index (χ2v) is 5.01. The van der Waals surface area contributed by atoms with Gasteiger partial charge in [0, 0.05) is 18.1 Å². The van der Waals surface area contributed by atoms with Crippen LogP contribution in [0.25, 0.3) is 5.52 Å². The minimum atomic E-state index is -0.0848. The van der Waals surface area contributed by atoms with E-state index in [1.807, 2.05) is 31.3 Å². The fourth-order valence-corrected chi connectivity index (χ4v) is 1.94. The van der Waals surface area contributed by atoms with Crippen LogP contribution in [0.15, 0.2) is 30.6 Å². The van der Waals surface area contributed by atoms with E-state index in [-0.39, 0.29) is 11.3 Å². The summed E-state index contributed by atoms with van der Waals surface area (Å²) in [6.45, 7) is 2.59. The van der Waals surface area contributed by atoms with Gasteiger partial charge >= 0.3 is 0 Å². The molecule has 2 aromatic rings. The van der Waals surface area contributed by atoms with Gasteiger partial charge in [-0.2, -0.15) is 5.10 Å². The lowest BCUT2D eigenvalue weighted by molar-refractivity contribution is 0.0954. The molecule has 0 spiro atoms. The molecule has 2 heterocycles. The molecule has 2 rings (SSSR count). The maximum Gasteiger partial charge on any atom is 0.255 e. The summed E-state index contributed by atoms with van der Waals surface area (Å²) in [4.78, 5) is 12.0. The summed E-state index contributed by atoms with van der Waals surface area (Å²) in [7, 11) is 0. The zero-order valence-electron chi connectivity index (χ0n) is 10.3. The van der Waals surface area contributed by atoms with Gasteiger partial charge in [0.05, 0.1) is 17.3 Å². The molecule has 1 unspecified atom stereocenters. The highest BCUT2D eigenvalue weighted by atomic mass is 35.5. The molecule has 1 N–H and O–H groups in total. The topological polar surface area (TPSA) is 46.4 Å². The Balaban J connectivity index is 1.97. The van der Waals surface area contributed by atoms with Crippen molar-refractivity contribution in [2.24, 2.45) is 0 Å². The van der Waals surface area contributed by atoms with Crippen LogP contribution in [0.1, 0.15) is 30.1 Å². The van der Waals surface area contributed by atoms with Crippen LogP contribution < -0.4 is 5.32 Å². The van der Waals surface area contributed by atoms with Crippen LogP contribution in [-0.4, -0.2) is 27.4 Å². The summed E-state index contributed by atoms with van der Waals surface area (Å²) in [6, 6.07) is 5.65. The molecule has 2 aromatic heterocycles. The smallest absolute Gasteiger partial charge is 0.255 e. The van der Waals surface area contributed by atoms with Crippen molar-refractivity contribution >= 4 is 23.0 Å². The summed E-state index contributed by atoms with van der Waals surface area (Å²) < 4.78 is 1.69. The summed E-state index contributed by atoms with van der Waals surface area (Å²) in [5, 5.41) is 7.16. The Bertz CT molecular complexity index is 536. The first-order valence-electron chi connectivity index (χ1n) is 6.03. The van der Waals surface area contributed by atoms with E-state index in [9.17, 15) is 4.79 Å². The van der Waals surface area contributed by atoms with E-state index < -0.39 is 0 Å². The number of amides is 1. The number of nitrogens with one attached hydrogen (secondary N) is 1. The standard InChI is InChI=1S/C13H16ClN3O/c1-10(14)5-4-7-15-13(18)11-9-16-17-8-3-2-6-12(11)17/h2-3,6,8-10H,4-5,7H2,1H3,(H,15,18). The number of halogens is 1. The maximum atomic E-state index is 12.0. The number of alkyl halides is 1. The normalized spacial score (nSPS) is 12.6. The highest BCUT2D eigenvalue weighted by molar-refractivity contribution is 6.20. The molecule has 0 aliphatic rings. The largest absolute Gasteiger partial charge is 0.352 e. The highest BCUT2D eigenvalue weighted by Gasteiger charge is 2.11. The van der Waals surface area contributed by atoms with E-state index >= 15 is 0 Å². The zero-order valence-corrected chi connectivity index (χ0v) is 11.0. The molecule has 0 fully saturated rings. The number of rotatable bonds is 5. The number of pyridine rings is 1. The minimum Gasteiger partial charge on any atom is -0.352 e. The fourth-order valence-electron chi connectivity index (χ4n) is 1.79. The van der Waals surface area contributed by atoms with Crippen LogP contribution in [-0.2, 0) is 0 Å². The molecule has 0 saturated carbocycles. The van der Waals surface area contributed by atoms with Gasteiger partial charge in [-0.15, -0.1) is 11.6 Å². The number of hydrogen-bond acceptors (Lipinski definition) is 2. The lowest BCUT2D eigenvalue weighted by Crippen LogP contribution is -2.24. The Labute approximate surface area is 111 Å². The summed E-state index contributed by atoms with van der Waals surface area (Å²) in [5.74, 6) is -0.0848. The average Bonchev–Trinajstić information content (AvgIpc) is 2.78. The van der Waals surface area contributed by atoms with E-state index in [0.29, 0.717) is 12.1 Å². The Kier molecular flexibility index (Phi) is 4.20. The molecule has 0 aliphatic carbocycles. The van der Waals surface area contributed by atoms with Gasteiger partial charge in [-0.05, 0) is 31.9 Å². The third-order valence-corrected chi connectivity index (χ3v) is 2.95. The van der Waals surface area contributed by atoms with Gasteiger partial charge in [0.15, 0.2) is 0 Å². The van der Waals surface area contributed by atoms with E-state index in [4.69, 9.17) is 11.6 Å². The number of hydrogen-bond donors (Lipinski definition) is 1. The van der Waals surface area contributed by atoms with Crippen molar-refractivity contribution in [3.8, 4) is 0 Å². The van der Waals surface area contributed by atoms with Gasteiger partial charge in [-0.1, -0.05) is 6.07 Å². The third-order valence-electron chi connectivity index (χ3n) is 2.74. The molecule has 4 nitrogen and oxygen atoms in total. The molecular formula is C13H16ClN3O. The number of aromatic nitrogens is 2. The molecular weight excluding hydrogens is 250 g/mol. The Morgan fingerprint density at radius 1 is 1.56 bits per heavy atom. The minimum absolute atomic E-state index is 0.0848. The van der Waals surface area contributed by atoms with Gasteiger partial charge < -0.3 is 5.32 Å². The Morgan fingerprint density at radius 3 is 3.17 bits per heavy atom. The second-order valence-electron chi connectivity index (χ2n) is 4.27. The van der Waals surface area contributed by atoms with Crippen LogP contribution in [0.2, 0.25) is 0 Å². The first-order valence-corrected chi connectivity index (χ1v) is 6.47. The molecule has 96 valence electrons. The average molecular weight is 266 g/mol. The molecule has 0 aromatic carbocycles. The SMILES string of the molecule is CC(Cl)CCCNC(=O)c1cnn2ccccc12. The van der Waals surface area contributed by atoms with Gasteiger partial charge in [0.25, 0.3) is 5.91 Å². The molecule has 0 bridgehead atoms. The van der Waals surface area contributed by atoms with E-state index in [1.165, 1.54) is 0 Å². The van der Waals surface area contributed by atoms with Crippen LogP contribution in [0.3, 0.4) is 0 Å². The Hall–Kier alpha value is -1.55. The maximum absolute atomic E-state index is 12.0. The zero-order chi connectivity index (χ0) is 13.0. The van der Waals surface area contributed by atoms with Crippen LogP contribution in [0.4, 0.5) is 0 Å². The van der Waals surface area contributed by atoms with Crippen molar-refractivity contribution < 1.29 is 4.79 Å². The van der Waals surface area contributed by atoms with Crippen molar-refractivity contribution in [2.45, 2.75) is 25.1 Å². The lowest BCUT2D eigenvalue weighted by atomic mass is 10.2. The van der Waals surface area contributed by atoms with Crippen LogP contribution in [0, 0.1) is 0 Å². The van der Waals surface area contributed by atoms with Gasteiger partial charge in [-0.25, -0.2) is 4.52 Å². The summed E-state index contributed by atoms with van der Waals surface area (Å²) >= 11 is 5.84. The molecule has 18 heavy (non-hydrogen) atoms. The first-order chi connectivity index (χ1) is 8.68. The third kappa shape index (κ3) is 3.01. The lowest BCUT2D eigenvalue weighted by Gasteiger charge is -2.05. The van der Waals surface area contributed by atoms with Gasteiger partial charge in [0.2, 0.25) is 0 Å². The predicted molar refractivity (Wildman–Crippen MR) is 72.1 cm³/mol. The molecule has 1 atom stereocenters.